The van der Waals surface area contributed by atoms with E-state index in [0.717, 1.165) is 11.4 Å². The average Bonchev–Trinajstić information content (AvgIpc) is 2.99. The summed E-state index contributed by atoms with van der Waals surface area (Å²) >= 11 is 0. The van der Waals surface area contributed by atoms with Gasteiger partial charge in [-0.05, 0) is 6.07 Å². The second kappa shape index (κ2) is 6.62. The van der Waals surface area contributed by atoms with Gasteiger partial charge >= 0.3 is 0 Å². The minimum absolute atomic E-state index is 0.210. The highest BCUT2D eigenvalue weighted by Gasteiger charge is 2.12. The molecule has 0 aliphatic rings. The van der Waals surface area contributed by atoms with Crippen LogP contribution in [0.5, 0.6) is 0 Å². The predicted molar refractivity (Wildman–Crippen MR) is 82.1 cm³/mol. The quantitative estimate of drug-likeness (QED) is 0.534. The second-order valence-corrected chi connectivity index (χ2v) is 4.61. The van der Waals surface area contributed by atoms with Crippen molar-refractivity contribution in [3.63, 3.8) is 0 Å². The van der Waals surface area contributed by atoms with E-state index in [2.05, 4.69) is 20.1 Å². The Labute approximate surface area is 128 Å². The van der Waals surface area contributed by atoms with Gasteiger partial charge in [0.25, 0.3) is 0 Å². The monoisotopic (exact) mass is 293 g/mol. The third-order valence-corrected chi connectivity index (χ3v) is 3.05. The van der Waals surface area contributed by atoms with Crippen molar-refractivity contribution in [2.45, 2.75) is 6.61 Å². The molecule has 1 aromatic carbocycles. The molecule has 0 bridgehead atoms. The van der Waals surface area contributed by atoms with Gasteiger partial charge in [0.15, 0.2) is 24.0 Å². The molecule has 3 rings (SSSR count). The molecular weight excluding hydrogens is 278 g/mol. The number of rotatable bonds is 5. The Kier molecular flexibility index (Phi) is 4.20. The van der Waals surface area contributed by atoms with Crippen LogP contribution in [0.4, 0.5) is 0 Å². The Morgan fingerprint density at radius 3 is 2.50 bits per heavy atom. The fourth-order valence-electron chi connectivity index (χ4n) is 1.97. The van der Waals surface area contributed by atoms with Crippen LogP contribution in [-0.2, 0) is 18.5 Å². The minimum atomic E-state index is 0.210. The summed E-state index contributed by atoms with van der Waals surface area (Å²) in [5.74, 6) is 1.32. The van der Waals surface area contributed by atoms with Crippen LogP contribution in [0.1, 0.15) is 17.2 Å². The smallest absolute Gasteiger partial charge is 0.176 e. The van der Waals surface area contributed by atoms with Crippen molar-refractivity contribution in [3.8, 4) is 0 Å². The summed E-state index contributed by atoms with van der Waals surface area (Å²) in [6, 6.07) is 11.6. The van der Waals surface area contributed by atoms with E-state index in [0.29, 0.717) is 11.5 Å². The first kappa shape index (κ1) is 13.9. The molecular formula is C16H15N5O. The molecule has 110 valence electrons. The van der Waals surface area contributed by atoms with Gasteiger partial charge in [-0.1, -0.05) is 35.5 Å². The molecule has 0 aliphatic carbocycles. The summed E-state index contributed by atoms with van der Waals surface area (Å²) in [5.41, 5.74) is 1.61. The van der Waals surface area contributed by atoms with Gasteiger partial charge in [0.05, 0.1) is 0 Å². The zero-order valence-corrected chi connectivity index (χ0v) is 12.1. The van der Waals surface area contributed by atoms with Gasteiger partial charge in [-0.25, -0.2) is 15.0 Å². The van der Waals surface area contributed by atoms with E-state index in [-0.39, 0.29) is 6.61 Å². The maximum Gasteiger partial charge on any atom is 0.176 e. The third kappa shape index (κ3) is 3.17. The lowest BCUT2D eigenvalue weighted by molar-refractivity contribution is 0.125. The van der Waals surface area contributed by atoms with E-state index in [4.69, 9.17) is 4.84 Å². The Bertz CT molecular complexity index is 752. The highest BCUT2D eigenvalue weighted by Crippen LogP contribution is 2.09. The van der Waals surface area contributed by atoms with Crippen LogP contribution >= 0.6 is 0 Å². The lowest BCUT2D eigenvalue weighted by Crippen LogP contribution is -2.11. The number of aryl methyl sites for hydroxylation is 1. The molecule has 0 spiro atoms. The molecule has 0 aliphatic heterocycles. The molecule has 2 heterocycles. The molecule has 0 saturated carbocycles. The number of nitrogens with zero attached hydrogens (tertiary/aromatic N) is 5. The lowest BCUT2D eigenvalue weighted by Gasteiger charge is -2.07. The maximum atomic E-state index is 5.42. The van der Waals surface area contributed by atoms with Crippen molar-refractivity contribution in [1.82, 2.24) is 19.5 Å². The van der Waals surface area contributed by atoms with Crippen molar-refractivity contribution in [2.24, 2.45) is 12.2 Å². The van der Waals surface area contributed by atoms with Crippen LogP contribution in [0.3, 0.4) is 0 Å². The van der Waals surface area contributed by atoms with E-state index in [1.165, 1.54) is 0 Å². The van der Waals surface area contributed by atoms with E-state index >= 15 is 0 Å². The number of hydrogen-bond acceptors (Lipinski definition) is 5. The predicted octanol–water partition coefficient (Wildman–Crippen LogP) is 2.18. The van der Waals surface area contributed by atoms with Gasteiger partial charge in [0.2, 0.25) is 0 Å². The van der Waals surface area contributed by atoms with Gasteiger partial charge < -0.3 is 9.40 Å². The zero-order chi connectivity index (χ0) is 15.2. The second-order valence-electron chi connectivity index (χ2n) is 4.61. The van der Waals surface area contributed by atoms with Crippen LogP contribution in [0.15, 0.2) is 66.3 Å². The zero-order valence-electron chi connectivity index (χ0n) is 12.1. The summed E-state index contributed by atoms with van der Waals surface area (Å²) in [6.45, 7) is 0.210. The first-order valence-electron chi connectivity index (χ1n) is 6.83. The largest absolute Gasteiger partial charge is 0.387 e. The Morgan fingerprint density at radius 2 is 1.82 bits per heavy atom. The molecule has 6 nitrogen and oxygen atoms in total. The third-order valence-electron chi connectivity index (χ3n) is 3.05. The molecule has 2 aromatic heterocycles. The minimum Gasteiger partial charge on any atom is -0.387 e. The molecule has 0 saturated heterocycles. The van der Waals surface area contributed by atoms with Crippen molar-refractivity contribution < 1.29 is 4.84 Å². The van der Waals surface area contributed by atoms with Gasteiger partial charge in [-0.2, -0.15) is 0 Å². The van der Waals surface area contributed by atoms with Gasteiger partial charge in [0, 0.05) is 37.4 Å². The number of hydrogen-bond donors (Lipinski definition) is 0. The number of benzene rings is 1. The standard InChI is InChI=1S/C16H15N5O/c1-21-11-10-19-16(21)15(13-6-3-2-4-7-13)20-22-12-14-17-8-5-9-18-14/h2-11H,12H2,1H3. The van der Waals surface area contributed by atoms with Gasteiger partial charge in [-0.3, -0.25) is 0 Å². The summed E-state index contributed by atoms with van der Waals surface area (Å²) in [5, 5.41) is 4.25. The van der Waals surface area contributed by atoms with E-state index in [9.17, 15) is 0 Å². The van der Waals surface area contributed by atoms with Gasteiger partial charge in [-0.15, -0.1) is 0 Å². The fourth-order valence-corrected chi connectivity index (χ4v) is 1.97. The first-order chi connectivity index (χ1) is 10.8. The SMILES string of the molecule is Cn1ccnc1C(=NOCc1ncccn1)c1ccccc1. The van der Waals surface area contributed by atoms with E-state index < -0.39 is 0 Å². The highest BCUT2D eigenvalue weighted by atomic mass is 16.6. The molecule has 6 heteroatoms. The van der Waals surface area contributed by atoms with Crippen LogP contribution in [0.2, 0.25) is 0 Å². The number of aromatic nitrogens is 4. The molecule has 0 radical (unpaired) electrons. The maximum absolute atomic E-state index is 5.42. The summed E-state index contributed by atoms with van der Waals surface area (Å²) in [7, 11) is 1.92. The summed E-state index contributed by atoms with van der Waals surface area (Å²) < 4.78 is 1.90. The fraction of sp³-hybridized carbons (Fsp3) is 0.125. The Morgan fingerprint density at radius 1 is 1.05 bits per heavy atom. The normalized spacial score (nSPS) is 11.4. The summed E-state index contributed by atoms with van der Waals surface area (Å²) in [6.07, 6.45) is 6.95. The number of oxime groups is 1. The molecule has 22 heavy (non-hydrogen) atoms. The van der Waals surface area contributed by atoms with Crippen LogP contribution in [-0.4, -0.2) is 25.2 Å². The molecule has 3 aromatic rings. The Hall–Kier alpha value is -3.02. The molecule has 0 atom stereocenters. The Balaban J connectivity index is 1.86. The molecule has 0 unspecified atom stereocenters. The van der Waals surface area contributed by atoms with Crippen molar-refractivity contribution in [1.29, 1.82) is 0 Å². The van der Waals surface area contributed by atoms with Crippen LogP contribution in [0.25, 0.3) is 0 Å². The molecule has 0 amide bonds. The topological polar surface area (TPSA) is 65.2 Å². The van der Waals surface area contributed by atoms with Crippen molar-refractivity contribution in [3.05, 3.63) is 78.4 Å². The molecule has 0 fully saturated rings. The van der Waals surface area contributed by atoms with Crippen LogP contribution < -0.4 is 0 Å². The number of imidazole rings is 1. The van der Waals surface area contributed by atoms with Crippen molar-refractivity contribution in [2.75, 3.05) is 0 Å². The summed E-state index contributed by atoms with van der Waals surface area (Å²) in [4.78, 5) is 18.0. The van der Waals surface area contributed by atoms with E-state index in [1.54, 1.807) is 24.7 Å². The van der Waals surface area contributed by atoms with Crippen molar-refractivity contribution >= 4 is 5.71 Å². The van der Waals surface area contributed by atoms with Crippen LogP contribution in [0, 0.1) is 0 Å². The van der Waals surface area contributed by atoms with Gasteiger partial charge in [0.1, 0.15) is 0 Å². The highest BCUT2D eigenvalue weighted by molar-refractivity contribution is 6.10. The first-order valence-corrected chi connectivity index (χ1v) is 6.83. The van der Waals surface area contributed by atoms with E-state index in [1.807, 2.05) is 48.1 Å². The lowest BCUT2D eigenvalue weighted by atomic mass is 10.1. The molecule has 0 N–H and O–H groups in total. The average molecular weight is 293 g/mol.